The van der Waals surface area contributed by atoms with Crippen molar-refractivity contribution in [3.8, 4) is 0 Å². The first-order valence-corrected chi connectivity index (χ1v) is 9.74. The number of benzene rings is 1. The van der Waals surface area contributed by atoms with Crippen LogP contribution in [0.15, 0.2) is 60.9 Å². The summed E-state index contributed by atoms with van der Waals surface area (Å²) in [7, 11) is 0. The Labute approximate surface area is 159 Å². The smallest absolute Gasteiger partial charge is 0.233 e. The minimum atomic E-state index is -0.245. The molecule has 5 rings (SSSR count). The Morgan fingerprint density at radius 1 is 0.963 bits per heavy atom. The largest absolute Gasteiger partial charge is 0.339 e. The normalized spacial score (nSPS) is 19.3. The molecule has 0 atom stereocenters. The molecule has 3 heterocycles. The monoisotopic (exact) mass is 360 g/mol. The van der Waals surface area contributed by atoms with E-state index in [1.54, 1.807) is 0 Å². The lowest BCUT2D eigenvalue weighted by atomic mass is 9.94. The Morgan fingerprint density at radius 2 is 1.70 bits per heavy atom. The molecule has 0 N–H and O–H groups in total. The molecule has 0 bridgehead atoms. The first-order valence-electron chi connectivity index (χ1n) is 9.74. The fraction of sp³-hybridized carbons (Fsp3) is 0.364. The number of pyridine rings is 1. The number of carbonyl (C=O) groups is 1. The van der Waals surface area contributed by atoms with Crippen molar-refractivity contribution in [2.24, 2.45) is 0 Å². The molecule has 2 aromatic heterocycles. The summed E-state index contributed by atoms with van der Waals surface area (Å²) >= 11 is 0. The lowest BCUT2D eigenvalue weighted by Crippen LogP contribution is -2.51. The van der Waals surface area contributed by atoms with Gasteiger partial charge >= 0.3 is 0 Å². The molecular formula is C22H24N4O. The number of rotatable bonds is 4. The average molecular weight is 360 g/mol. The zero-order valence-corrected chi connectivity index (χ0v) is 15.4. The number of hydrogen-bond donors (Lipinski definition) is 0. The van der Waals surface area contributed by atoms with Crippen LogP contribution >= 0.6 is 0 Å². The van der Waals surface area contributed by atoms with E-state index in [2.05, 4.69) is 32.5 Å². The summed E-state index contributed by atoms with van der Waals surface area (Å²) in [6.45, 7) is 4.27. The van der Waals surface area contributed by atoms with E-state index in [0.29, 0.717) is 5.91 Å². The van der Waals surface area contributed by atoms with Crippen LogP contribution in [-0.4, -0.2) is 51.3 Å². The fourth-order valence-corrected chi connectivity index (χ4v) is 4.21. The van der Waals surface area contributed by atoms with Crippen molar-refractivity contribution in [1.82, 2.24) is 19.2 Å². The molecule has 1 aliphatic carbocycles. The van der Waals surface area contributed by atoms with E-state index < -0.39 is 0 Å². The third kappa shape index (κ3) is 3.02. The zero-order chi connectivity index (χ0) is 18.3. The highest BCUT2D eigenvalue weighted by Crippen LogP contribution is 2.49. The summed E-state index contributed by atoms with van der Waals surface area (Å²) in [6, 6.07) is 16.3. The van der Waals surface area contributed by atoms with Crippen LogP contribution < -0.4 is 0 Å². The minimum Gasteiger partial charge on any atom is -0.339 e. The number of carbonyl (C=O) groups excluding carboxylic acids is 1. The highest BCUT2D eigenvalue weighted by molar-refractivity contribution is 5.91. The van der Waals surface area contributed by atoms with Gasteiger partial charge in [0.2, 0.25) is 5.91 Å². The first kappa shape index (κ1) is 16.5. The van der Waals surface area contributed by atoms with Crippen molar-refractivity contribution in [1.29, 1.82) is 0 Å². The molecule has 138 valence electrons. The number of amides is 1. The van der Waals surface area contributed by atoms with Crippen LogP contribution in [0.5, 0.6) is 0 Å². The summed E-state index contributed by atoms with van der Waals surface area (Å²) in [5, 5.41) is 0. The van der Waals surface area contributed by atoms with Gasteiger partial charge in [-0.05, 0) is 30.5 Å². The third-order valence-electron chi connectivity index (χ3n) is 5.94. The van der Waals surface area contributed by atoms with Crippen LogP contribution in [0.25, 0.3) is 5.65 Å². The molecule has 0 spiro atoms. The van der Waals surface area contributed by atoms with Crippen molar-refractivity contribution in [3.63, 3.8) is 0 Å². The van der Waals surface area contributed by atoms with Gasteiger partial charge in [-0.25, -0.2) is 4.98 Å². The Hall–Kier alpha value is -2.66. The van der Waals surface area contributed by atoms with E-state index >= 15 is 0 Å². The summed E-state index contributed by atoms with van der Waals surface area (Å²) in [5.74, 6) is 0.320. The Balaban J connectivity index is 1.22. The van der Waals surface area contributed by atoms with Gasteiger partial charge in [0, 0.05) is 45.1 Å². The fourth-order valence-electron chi connectivity index (χ4n) is 4.21. The number of aromatic nitrogens is 2. The van der Waals surface area contributed by atoms with E-state index in [9.17, 15) is 4.79 Å². The molecule has 0 unspecified atom stereocenters. The Bertz CT molecular complexity index is 920. The summed E-state index contributed by atoms with van der Waals surface area (Å²) in [6.07, 6.45) is 6.09. The molecule has 1 amide bonds. The van der Waals surface area contributed by atoms with Crippen molar-refractivity contribution < 1.29 is 4.79 Å². The molecular weight excluding hydrogens is 336 g/mol. The van der Waals surface area contributed by atoms with Gasteiger partial charge in [0.1, 0.15) is 5.65 Å². The highest BCUT2D eigenvalue weighted by Gasteiger charge is 2.53. The molecule has 0 radical (unpaired) electrons. The van der Waals surface area contributed by atoms with E-state index in [0.717, 1.165) is 56.9 Å². The summed E-state index contributed by atoms with van der Waals surface area (Å²) in [5.41, 5.74) is 3.01. The van der Waals surface area contributed by atoms with Crippen molar-refractivity contribution in [2.75, 3.05) is 26.2 Å². The predicted octanol–water partition coefficient (Wildman–Crippen LogP) is 2.71. The van der Waals surface area contributed by atoms with Gasteiger partial charge in [0.15, 0.2) is 0 Å². The molecule has 2 aliphatic rings. The van der Waals surface area contributed by atoms with Crippen molar-refractivity contribution in [2.45, 2.75) is 24.8 Å². The van der Waals surface area contributed by atoms with Gasteiger partial charge in [-0.2, -0.15) is 0 Å². The summed E-state index contributed by atoms with van der Waals surface area (Å²) in [4.78, 5) is 22.3. The van der Waals surface area contributed by atoms with Crippen LogP contribution in [0.2, 0.25) is 0 Å². The molecule has 1 saturated carbocycles. The molecule has 3 aromatic rings. The molecule has 2 fully saturated rings. The summed E-state index contributed by atoms with van der Waals surface area (Å²) < 4.78 is 2.06. The predicted molar refractivity (Wildman–Crippen MR) is 104 cm³/mol. The second-order valence-corrected chi connectivity index (χ2v) is 7.71. The van der Waals surface area contributed by atoms with Crippen LogP contribution in [0.1, 0.15) is 24.1 Å². The van der Waals surface area contributed by atoms with Crippen LogP contribution in [0, 0.1) is 0 Å². The molecule has 5 heteroatoms. The zero-order valence-electron chi connectivity index (χ0n) is 15.4. The molecule has 5 nitrogen and oxygen atoms in total. The topological polar surface area (TPSA) is 40.9 Å². The molecule has 1 saturated heterocycles. The first-order chi connectivity index (χ1) is 13.2. The second-order valence-electron chi connectivity index (χ2n) is 7.71. The Kier molecular flexibility index (Phi) is 3.97. The van der Waals surface area contributed by atoms with Gasteiger partial charge in [-0.3, -0.25) is 9.69 Å². The van der Waals surface area contributed by atoms with E-state index in [1.807, 2.05) is 42.6 Å². The Morgan fingerprint density at radius 3 is 2.41 bits per heavy atom. The second kappa shape index (κ2) is 6.50. The minimum absolute atomic E-state index is 0.245. The van der Waals surface area contributed by atoms with Gasteiger partial charge in [0.25, 0.3) is 0 Å². The number of piperazine rings is 1. The maximum Gasteiger partial charge on any atom is 0.233 e. The van der Waals surface area contributed by atoms with Gasteiger partial charge < -0.3 is 9.30 Å². The number of imidazole rings is 1. The van der Waals surface area contributed by atoms with Crippen LogP contribution in [0.4, 0.5) is 0 Å². The van der Waals surface area contributed by atoms with Gasteiger partial charge in [-0.15, -0.1) is 0 Å². The van der Waals surface area contributed by atoms with E-state index in [1.165, 1.54) is 5.56 Å². The average Bonchev–Trinajstić information content (AvgIpc) is 3.43. The van der Waals surface area contributed by atoms with E-state index in [4.69, 9.17) is 4.98 Å². The highest BCUT2D eigenvalue weighted by atomic mass is 16.2. The number of hydrogen-bond acceptors (Lipinski definition) is 3. The van der Waals surface area contributed by atoms with Crippen molar-refractivity contribution >= 4 is 11.6 Å². The molecule has 1 aromatic carbocycles. The van der Waals surface area contributed by atoms with Crippen molar-refractivity contribution in [3.05, 3.63) is 72.2 Å². The van der Waals surface area contributed by atoms with Crippen LogP contribution in [0.3, 0.4) is 0 Å². The lowest BCUT2D eigenvalue weighted by Gasteiger charge is -2.36. The van der Waals surface area contributed by atoms with Gasteiger partial charge in [-0.1, -0.05) is 36.4 Å². The maximum absolute atomic E-state index is 13.2. The lowest BCUT2D eigenvalue weighted by molar-refractivity contribution is -0.135. The molecule has 27 heavy (non-hydrogen) atoms. The SMILES string of the molecule is O=C(N1CCN(Cc2cn3ccccc3n2)CC1)C1(c2ccccc2)CC1. The van der Waals surface area contributed by atoms with E-state index in [-0.39, 0.29) is 5.41 Å². The number of fused-ring (bicyclic) bond motifs is 1. The quantitative estimate of drug-likeness (QED) is 0.718. The maximum atomic E-state index is 13.2. The number of nitrogens with zero attached hydrogens (tertiary/aromatic N) is 4. The van der Waals surface area contributed by atoms with Gasteiger partial charge in [0.05, 0.1) is 11.1 Å². The molecule has 1 aliphatic heterocycles. The van der Waals surface area contributed by atoms with Crippen LogP contribution in [-0.2, 0) is 16.8 Å². The third-order valence-corrected chi connectivity index (χ3v) is 5.94. The standard InChI is InChI=1S/C22H24N4O/c27-21(22(9-10-22)18-6-2-1-3-7-18)25-14-12-24(13-15-25)16-19-17-26-11-5-4-8-20(26)23-19/h1-8,11,17H,9-10,12-16H2.